The number of aryl methyl sites for hydroxylation is 1. The molecule has 3 rings (SSSR count). The van der Waals surface area contributed by atoms with Crippen molar-refractivity contribution in [1.82, 2.24) is 4.90 Å². The van der Waals surface area contributed by atoms with Crippen molar-refractivity contribution in [3.63, 3.8) is 0 Å². The van der Waals surface area contributed by atoms with Crippen molar-refractivity contribution in [1.29, 1.82) is 0 Å². The number of thioether (sulfide) groups is 1. The molecule has 0 spiro atoms. The number of carbonyl (C=O) groups is 1. The van der Waals surface area contributed by atoms with Crippen LogP contribution in [0.1, 0.15) is 30.9 Å². The Bertz CT molecular complexity index is 1220. The Balaban J connectivity index is 1.92. The molecule has 1 heterocycles. The Labute approximate surface area is 205 Å². The topological polar surface area (TPSA) is 85.3 Å². The van der Waals surface area contributed by atoms with E-state index >= 15 is 0 Å². The van der Waals surface area contributed by atoms with Gasteiger partial charge in [-0.3, -0.25) is 9.69 Å². The molecule has 1 aliphatic rings. The molecule has 7 nitrogen and oxygen atoms in total. The fraction of sp³-hybridized carbons (Fsp3) is 0.280. The zero-order chi connectivity index (χ0) is 24.7. The molecule has 2 aromatic carbocycles. The van der Waals surface area contributed by atoms with Gasteiger partial charge in [0.05, 0.1) is 23.5 Å². The van der Waals surface area contributed by atoms with Crippen LogP contribution < -0.4 is 9.47 Å². The lowest BCUT2D eigenvalue weighted by Crippen LogP contribution is -2.29. The number of unbranched alkanes of at least 4 members (excludes halogenated alkanes) is 1. The highest BCUT2D eigenvalue weighted by Gasteiger charge is 2.34. The summed E-state index contributed by atoms with van der Waals surface area (Å²) in [5, 5.41) is 0.0863. The van der Waals surface area contributed by atoms with Crippen molar-refractivity contribution in [3.8, 4) is 11.5 Å². The van der Waals surface area contributed by atoms with Gasteiger partial charge in [0.1, 0.15) is 0 Å². The summed E-state index contributed by atoms with van der Waals surface area (Å²) in [5.74, 6) is 0.841. The monoisotopic (exact) mass is 500 g/mol. The molecular weight excluding hydrogens is 472 g/mol. The minimum Gasteiger partial charge on any atom is -0.493 e. The molecule has 0 bridgehead atoms. The maximum atomic E-state index is 13.0. The third kappa shape index (κ3) is 6.09. The van der Waals surface area contributed by atoms with Crippen LogP contribution in [0.4, 0.5) is 0 Å². The van der Waals surface area contributed by atoms with E-state index in [-0.39, 0.29) is 22.5 Å². The smallest absolute Gasteiger partial charge is 0.284 e. The minimum atomic E-state index is -3.98. The summed E-state index contributed by atoms with van der Waals surface area (Å²) < 4.78 is 40.8. The van der Waals surface area contributed by atoms with E-state index in [1.54, 1.807) is 37.5 Å². The first-order chi connectivity index (χ1) is 16.3. The van der Waals surface area contributed by atoms with Crippen LogP contribution in [0.25, 0.3) is 6.08 Å². The quantitative estimate of drug-likeness (QED) is 0.258. The summed E-state index contributed by atoms with van der Waals surface area (Å²) in [6.45, 7) is 8.36. The highest BCUT2D eigenvalue weighted by Crippen LogP contribution is 2.35. The molecule has 1 saturated heterocycles. The van der Waals surface area contributed by atoms with Gasteiger partial charge < -0.3 is 9.47 Å². The highest BCUT2D eigenvalue weighted by molar-refractivity contribution is 8.19. The number of amides is 1. The van der Waals surface area contributed by atoms with Gasteiger partial charge in [-0.1, -0.05) is 43.2 Å². The van der Waals surface area contributed by atoms with Gasteiger partial charge in [0.25, 0.3) is 15.9 Å². The van der Waals surface area contributed by atoms with Crippen LogP contribution in [0, 0.1) is 6.92 Å². The van der Waals surface area contributed by atoms with E-state index in [1.807, 2.05) is 13.0 Å². The van der Waals surface area contributed by atoms with E-state index in [2.05, 4.69) is 17.9 Å². The molecule has 0 aliphatic carbocycles. The maximum absolute atomic E-state index is 13.0. The van der Waals surface area contributed by atoms with Crippen LogP contribution in [-0.4, -0.2) is 44.7 Å². The van der Waals surface area contributed by atoms with E-state index in [0.29, 0.717) is 23.0 Å². The Morgan fingerprint density at radius 1 is 1.15 bits per heavy atom. The van der Waals surface area contributed by atoms with Crippen molar-refractivity contribution in [3.05, 3.63) is 71.2 Å². The predicted molar refractivity (Wildman–Crippen MR) is 137 cm³/mol. The number of amidine groups is 1. The summed E-state index contributed by atoms with van der Waals surface area (Å²) in [6, 6.07) is 11.8. The highest BCUT2D eigenvalue weighted by atomic mass is 32.2. The number of carbonyl (C=O) groups excluding carboxylic acids is 1. The third-order valence-corrected chi connectivity index (χ3v) is 7.36. The molecule has 1 fully saturated rings. The lowest BCUT2D eigenvalue weighted by Gasteiger charge is -2.12. The van der Waals surface area contributed by atoms with Crippen LogP contribution in [0.5, 0.6) is 11.5 Å². The second-order valence-corrected chi connectivity index (χ2v) is 10.2. The zero-order valence-electron chi connectivity index (χ0n) is 19.5. The molecule has 1 amide bonds. The number of methoxy groups -OCH3 is 1. The second kappa shape index (κ2) is 11.4. The standard InChI is InChI=1S/C25H28N2O5S2/c1-5-7-15-32-21-13-10-19(16-22(21)31-4)17-23-24(28)27(14-6-2)25(33-23)26-34(29,30)20-11-8-18(3)9-12-20/h6,8-13,16-17H,2,5,7,14-15H2,1,3-4H3/b23-17-,26-25+. The van der Waals surface area contributed by atoms with E-state index in [4.69, 9.17) is 9.47 Å². The van der Waals surface area contributed by atoms with Crippen LogP contribution in [-0.2, 0) is 14.8 Å². The molecule has 34 heavy (non-hydrogen) atoms. The number of sulfonamides is 1. The van der Waals surface area contributed by atoms with Crippen LogP contribution >= 0.6 is 11.8 Å². The fourth-order valence-corrected chi connectivity index (χ4v) is 5.29. The average molecular weight is 501 g/mol. The van der Waals surface area contributed by atoms with Crippen molar-refractivity contribution in [2.75, 3.05) is 20.3 Å². The molecule has 2 aromatic rings. The summed E-state index contributed by atoms with van der Waals surface area (Å²) in [6.07, 6.45) is 5.17. The summed E-state index contributed by atoms with van der Waals surface area (Å²) >= 11 is 1.01. The van der Waals surface area contributed by atoms with Crippen molar-refractivity contribution >= 4 is 38.9 Å². The predicted octanol–water partition coefficient (Wildman–Crippen LogP) is 5.03. The van der Waals surface area contributed by atoms with Gasteiger partial charge in [-0.25, -0.2) is 0 Å². The lowest BCUT2D eigenvalue weighted by molar-refractivity contribution is -0.121. The lowest BCUT2D eigenvalue weighted by atomic mass is 10.2. The Morgan fingerprint density at radius 3 is 2.53 bits per heavy atom. The Kier molecular flexibility index (Phi) is 8.57. The fourth-order valence-electron chi connectivity index (χ4n) is 3.10. The van der Waals surface area contributed by atoms with Gasteiger partial charge in [0.2, 0.25) is 0 Å². The Hall–Kier alpha value is -3.04. The summed E-state index contributed by atoms with van der Waals surface area (Å²) in [5.41, 5.74) is 1.66. The van der Waals surface area contributed by atoms with Gasteiger partial charge in [-0.15, -0.1) is 11.0 Å². The number of benzene rings is 2. The minimum absolute atomic E-state index is 0.0676. The van der Waals surface area contributed by atoms with Crippen LogP contribution in [0.3, 0.4) is 0 Å². The Morgan fingerprint density at radius 2 is 1.88 bits per heavy atom. The molecule has 0 unspecified atom stereocenters. The first kappa shape index (κ1) is 25.6. The summed E-state index contributed by atoms with van der Waals surface area (Å²) in [7, 11) is -2.43. The first-order valence-electron chi connectivity index (χ1n) is 10.8. The van der Waals surface area contributed by atoms with Crippen molar-refractivity contribution < 1.29 is 22.7 Å². The number of rotatable bonds is 10. The van der Waals surface area contributed by atoms with Crippen LogP contribution in [0.15, 0.2) is 69.3 Å². The summed E-state index contributed by atoms with van der Waals surface area (Å²) in [4.78, 5) is 14.7. The molecule has 0 saturated carbocycles. The maximum Gasteiger partial charge on any atom is 0.284 e. The number of nitrogens with zero attached hydrogens (tertiary/aromatic N) is 2. The second-order valence-electron chi connectivity index (χ2n) is 7.59. The molecule has 0 atom stereocenters. The molecular formula is C25H28N2O5S2. The average Bonchev–Trinajstić information content (AvgIpc) is 3.08. The van der Waals surface area contributed by atoms with Crippen LogP contribution in [0.2, 0.25) is 0 Å². The molecule has 180 valence electrons. The number of ether oxygens (including phenoxy) is 2. The first-order valence-corrected chi connectivity index (χ1v) is 13.1. The SMILES string of the molecule is C=CCN1C(=O)/C(=C/c2ccc(OCCCC)c(OC)c2)S/C1=N/S(=O)(=O)c1ccc(C)cc1. The number of hydrogen-bond donors (Lipinski definition) is 0. The van der Waals surface area contributed by atoms with E-state index in [0.717, 1.165) is 35.7 Å². The van der Waals surface area contributed by atoms with E-state index in [9.17, 15) is 13.2 Å². The van der Waals surface area contributed by atoms with Gasteiger partial charge in [0.15, 0.2) is 16.7 Å². The molecule has 0 N–H and O–H groups in total. The van der Waals surface area contributed by atoms with E-state index in [1.165, 1.54) is 23.1 Å². The van der Waals surface area contributed by atoms with Crippen molar-refractivity contribution in [2.45, 2.75) is 31.6 Å². The largest absolute Gasteiger partial charge is 0.493 e. The third-order valence-electron chi connectivity index (χ3n) is 4.96. The van der Waals surface area contributed by atoms with E-state index < -0.39 is 10.0 Å². The molecule has 9 heteroatoms. The molecule has 0 aromatic heterocycles. The van der Waals surface area contributed by atoms with Gasteiger partial charge in [0, 0.05) is 6.54 Å². The van der Waals surface area contributed by atoms with Crippen molar-refractivity contribution in [2.24, 2.45) is 4.40 Å². The molecule has 0 radical (unpaired) electrons. The van der Waals surface area contributed by atoms with Gasteiger partial charge in [-0.05, 0) is 61.0 Å². The van der Waals surface area contributed by atoms with Gasteiger partial charge in [-0.2, -0.15) is 8.42 Å². The number of hydrogen-bond acceptors (Lipinski definition) is 6. The molecule has 1 aliphatic heterocycles. The normalized spacial score (nSPS) is 16.3. The van der Waals surface area contributed by atoms with Gasteiger partial charge >= 0.3 is 0 Å². The zero-order valence-corrected chi connectivity index (χ0v) is 21.1.